The predicted molar refractivity (Wildman–Crippen MR) is 141 cm³/mol. The highest BCUT2D eigenvalue weighted by atomic mass is 19.1. The summed E-state index contributed by atoms with van der Waals surface area (Å²) in [5, 5.41) is 29.0. The lowest BCUT2D eigenvalue weighted by atomic mass is 10.0. The lowest BCUT2D eigenvalue weighted by molar-refractivity contribution is -0.00177. The minimum Gasteiger partial charge on any atom is -0.387 e. The van der Waals surface area contributed by atoms with Gasteiger partial charge in [-0.1, -0.05) is 19.1 Å². The molecule has 9 nitrogen and oxygen atoms in total. The molecule has 194 valence electrons. The van der Waals surface area contributed by atoms with E-state index in [0.29, 0.717) is 45.8 Å². The first kappa shape index (κ1) is 26.4. The standard InChI is InChI=1S/C28H27FN6O3/c1-4-25(36)18-6-5-7-19(11-18)34-22-12-23(24-9-8-20-10-17(13-30)14-33-35(20)24)31-15-21(22)27(37)32-16-26(29)28(2,3)38/h5-12,14-15,26,38H,4,16H2,1-3H3,(H,31,34)(H,32,37)/t26-/m1/s1. The van der Waals surface area contributed by atoms with E-state index in [4.69, 9.17) is 5.26 Å². The molecule has 0 saturated carbocycles. The number of anilines is 2. The van der Waals surface area contributed by atoms with Crippen molar-refractivity contribution in [2.24, 2.45) is 0 Å². The maximum absolute atomic E-state index is 14.3. The molecule has 10 heteroatoms. The van der Waals surface area contributed by atoms with E-state index in [1.54, 1.807) is 60.0 Å². The minimum atomic E-state index is -1.68. The fourth-order valence-corrected chi connectivity index (χ4v) is 3.79. The van der Waals surface area contributed by atoms with Crippen LogP contribution in [0.3, 0.4) is 0 Å². The number of nitrogens with zero attached hydrogens (tertiary/aromatic N) is 4. The molecule has 0 saturated heterocycles. The summed E-state index contributed by atoms with van der Waals surface area (Å²) in [5.41, 5.74) is 2.23. The lowest BCUT2D eigenvalue weighted by Gasteiger charge is -2.22. The van der Waals surface area contributed by atoms with E-state index in [1.807, 2.05) is 0 Å². The second kappa shape index (κ2) is 10.8. The molecule has 38 heavy (non-hydrogen) atoms. The molecule has 1 atom stereocenters. The molecule has 0 aliphatic carbocycles. The molecule has 3 heterocycles. The van der Waals surface area contributed by atoms with E-state index in [0.717, 1.165) is 0 Å². The Morgan fingerprint density at radius 3 is 2.68 bits per heavy atom. The molecule has 0 aliphatic heterocycles. The summed E-state index contributed by atoms with van der Waals surface area (Å²) in [6, 6.07) is 15.9. The fraction of sp³-hybridized carbons (Fsp3) is 0.250. The minimum absolute atomic E-state index is 0.0230. The number of carbonyl (C=O) groups is 2. The van der Waals surface area contributed by atoms with Gasteiger partial charge in [0.15, 0.2) is 5.78 Å². The van der Waals surface area contributed by atoms with E-state index in [1.165, 1.54) is 26.2 Å². The van der Waals surface area contributed by atoms with Crippen LogP contribution in [0.25, 0.3) is 16.9 Å². The zero-order chi connectivity index (χ0) is 27.4. The maximum Gasteiger partial charge on any atom is 0.255 e. The summed E-state index contributed by atoms with van der Waals surface area (Å²) in [7, 11) is 0. The van der Waals surface area contributed by atoms with Gasteiger partial charge in [-0.25, -0.2) is 8.91 Å². The quantitative estimate of drug-likeness (QED) is 0.281. The van der Waals surface area contributed by atoms with Gasteiger partial charge in [-0.05, 0) is 50.2 Å². The van der Waals surface area contributed by atoms with Crippen LogP contribution >= 0.6 is 0 Å². The third kappa shape index (κ3) is 5.68. The number of Topliss-reactive ketones (excluding diaryl/α,β-unsaturated/α-hetero) is 1. The van der Waals surface area contributed by atoms with Crippen LogP contribution in [0, 0.1) is 11.3 Å². The predicted octanol–water partition coefficient (Wildman–Crippen LogP) is 4.44. The van der Waals surface area contributed by atoms with E-state index in [-0.39, 0.29) is 11.3 Å². The SMILES string of the molecule is CCC(=O)c1cccc(Nc2cc(-c3ccc4cc(C#N)cnn34)ncc2C(=O)NC[C@@H](F)C(C)(C)O)c1. The number of nitriles is 1. The van der Waals surface area contributed by atoms with Gasteiger partial charge in [0.05, 0.1) is 52.1 Å². The Bertz CT molecular complexity index is 1550. The Hall–Kier alpha value is -4.62. The molecule has 0 radical (unpaired) electrons. The summed E-state index contributed by atoms with van der Waals surface area (Å²) in [5.74, 6) is -0.610. The summed E-state index contributed by atoms with van der Waals surface area (Å²) in [6.07, 6.45) is 1.49. The van der Waals surface area contributed by atoms with Crippen molar-refractivity contribution in [3.63, 3.8) is 0 Å². The van der Waals surface area contributed by atoms with Gasteiger partial charge in [0.1, 0.15) is 12.2 Å². The zero-order valence-corrected chi connectivity index (χ0v) is 21.2. The van der Waals surface area contributed by atoms with Gasteiger partial charge in [0.2, 0.25) is 0 Å². The largest absolute Gasteiger partial charge is 0.387 e. The number of rotatable bonds is 9. The molecule has 4 aromatic rings. The van der Waals surface area contributed by atoms with Gasteiger partial charge < -0.3 is 15.7 Å². The second-order valence-corrected chi connectivity index (χ2v) is 9.34. The van der Waals surface area contributed by atoms with Crippen LogP contribution in [0.4, 0.5) is 15.8 Å². The number of alkyl halides is 1. The third-order valence-corrected chi connectivity index (χ3v) is 6.03. The molecule has 1 amide bonds. The number of amides is 1. The molecule has 3 N–H and O–H groups in total. The van der Waals surface area contributed by atoms with E-state index in [2.05, 4.69) is 26.8 Å². The van der Waals surface area contributed by atoms with Crippen LogP contribution < -0.4 is 10.6 Å². The number of hydrogen-bond donors (Lipinski definition) is 3. The number of hydrogen-bond acceptors (Lipinski definition) is 7. The molecular weight excluding hydrogens is 487 g/mol. The van der Waals surface area contributed by atoms with Crippen molar-refractivity contribution in [2.75, 3.05) is 11.9 Å². The van der Waals surface area contributed by atoms with Crippen LogP contribution in [0.2, 0.25) is 0 Å². The number of fused-ring (bicyclic) bond motifs is 1. The van der Waals surface area contributed by atoms with Gasteiger partial charge in [-0.3, -0.25) is 14.6 Å². The Morgan fingerprint density at radius 2 is 1.97 bits per heavy atom. The molecule has 0 unspecified atom stereocenters. The third-order valence-electron chi connectivity index (χ3n) is 6.03. The van der Waals surface area contributed by atoms with Crippen LogP contribution in [0.15, 0.2) is 60.9 Å². The highest BCUT2D eigenvalue weighted by Crippen LogP contribution is 2.28. The highest BCUT2D eigenvalue weighted by Gasteiger charge is 2.27. The molecule has 0 aliphatic rings. The molecule has 1 aromatic carbocycles. The molecular formula is C28H27FN6O3. The van der Waals surface area contributed by atoms with Crippen molar-refractivity contribution in [2.45, 2.75) is 39.0 Å². The van der Waals surface area contributed by atoms with Gasteiger partial charge >= 0.3 is 0 Å². The Balaban J connectivity index is 1.73. The molecule has 4 rings (SSSR count). The summed E-state index contributed by atoms with van der Waals surface area (Å²) >= 11 is 0. The first-order chi connectivity index (χ1) is 18.1. The van der Waals surface area contributed by atoms with Crippen LogP contribution in [-0.4, -0.2) is 49.7 Å². The Labute approximate surface area is 218 Å². The van der Waals surface area contributed by atoms with Gasteiger partial charge in [0, 0.05) is 23.9 Å². The molecule has 3 aromatic heterocycles. The first-order valence-electron chi connectivity index (χ1n) is 12.0. The van der Waals surface area contributed by atoms with Gasteiger partial charge in [0.25, 0.3) is 5.91 Å². The monoisotopic (exact) mass is 514 g/mol. The lowest BCUT2D eigenvalue weighted by Crippen LogP contribution is -2.42. The van der Waals surface area contributed by atoms with Crippen molar-refractivity contribution in [3.8, 4) is 17.5 Å². The maximum atomic E-state index is 14.3. The Kier molecular flexibility index (Phi) is 7.50. The smallest absolute Gasteiger partial charge is 0.255 e. The number of nitrogens with one attached hydrogen (secondary N) is 2. The molecule has 0 fully saturated rings. The van der Waals surface area contributed by atoms with Crippen molar-refractivity contribution in [3.05, 3.63) is 77.6 Å². The molecule has 0 bridgehead atoms. The topological polar surface area (TPSA) is 132 Å². The van der Waals surface area contributed by atoms with Crippen molar-refractivity contribution in [1.82, 2.24) is 19.9 Å². The number of pyridine rings is 1. The normalized spacial score (nSPS) is 12.1. The molecule has 0 spiro atoms. The Morgan fingerprint density at radius 1 is 1.18 bits per heavy atom. The number of aliphatic hydroxyl groups is 1. The van der Waals surface area contributed by atoms with Gasteiger partial charge in [-0.15, -0.1) is 0 Å². The van der Waals surface area contributed by atoms with Crippen LogP contribution in [0.5, 0.6) is 0 Å². The van der Waals surface area contributed by atoms with E-state index < -0.39 is 24.2 Å². The number of carbonyl (C=O) groups excluding carboxylic acids is 2. The average Bonchev–Trinajstić information content (AvgIpc) is 3.33. The summed E-state index contributed by atoms with van der Waals surface area (Å²) < 4.78 is 15.9. The zero-order valence-electron chi connectivity index (χ0n) is 21.2. The second-order valence-electron chi connectivity index (χ2n) is 9.34. The highest BCUT2D eigenvalue weighted by molar-refractivity contribution is 6.01. The van der Waals surface area contributed by atoms with E-state index >= 15 is 0 Å². The number of aromatic nitrogens is 3. The number of halogens is 1. The average molecular weight is 515 g/mol. The summed E-state index contributed by atoms with van der Waals surface area (Å²) in [6.45, 7) is 4.04. The number of ketones is 1. The fourth-order valence-electron chi connectivity index (χ4n) is 3.79. The van der Waals surface area contributed by atoms with Crippen LogP contribution in [0.1, 0.15) is 53.5 Å². The first-order valence-corrected chi connectivity index (χ1v) is 12.0. The summed E-state index contributed by atoms with van der Waals surface area (Å²) in [4.78, 5) is 29.7. The van der Waals surface area contributed by atoms with E-state index in [9.17, 15) is 19.1 Å². The van der Waals surface area contributed by atoms with Gasteiger partial charge in [-0.2, -0.15) is 10.4 Å². The van der Waals surface area contributed by atoms with Crippen molar-refractivity contribution in [1.29, 1.82) is 5.26 Å². The number of benzene rings is 1. The van der Waals surface area contributed by atoms with Crippen LogP contribution in [-0.2, 0) is 0 Å². The van der Waals surface area contributed by atoms with Crippen molar-refractivity contribution >= 4 is 28.6 Å². The van der Waals surface area contributed by atoms with Crippen molar-refractivity contribution < 1.29 is 19.1 Å².